The fourth-order valence-corrected chi connectivity index (χ4v) is 2.15. The van der Waals surface area contributed by atoms with Gasteiger partial charge in [0.05, 0.1) is 28.3 Å². The van der Waals surface area contributed by atoms with Crippen LogP contribution in [0.4, 0.5) is 10.1 Å². The summed E-state index contributed by atoms with van der Waals surface area (Å²) in [5, 5.41) is 10.9. The molecule has 4 nitrogen and oxygen atoms in total. The van der Waals surface area contributed by atoms with Crippen LogP contribution >= 0.6 is 0 Å². The molecule has 0 radical (unpaired) electrons. The van der Waals surface area contributed by atoms with Gasteiger partial charge in [0, 0.05) is 6.54 Å². The third-order valence-corrected chi connectivity index (χ3v) is 4.73. The van der Waals surface area contributed by atoms with Crippen molar-refractivity contribution in [3.05, 3.63) is 29.6 Å². The van der Waals surface area contributed by atoms with Gasteiger partial charge < -0.3 is 5.32 Å². The van der Waals surface area contributed by atoms with Gasteiger partial charge in [0.25, 0.3) is 0 Å². The SMILES string of the molecule is CC(C)S(=O)(=O)CCNc1ccc(C#N)cc1F. The number of halogens is 1. The predicted octanol–water partition coefficient (Wildman–Crippen LogP) is 1.93. The second-order valence-corrected chi connectivity index (χ2v) is 6.83. The van der Waals surface area contributed by atoms with Crippen molar-refractivity contribution in [3.63, 3.8) is 0 Å². The number of nitrogens with one attached hydrogen (secondary N) is 1. The minimum atomic E-state index is -3.13. The van der Waals surface area contributed by atoms with Crippen molar-refractivity contribution < 1.29 is 12.8 Å². The monoisotopic (exact) mass is 270 g/mol. The molecule has 98 valence electrons. The number of hydrogen-bond acceptors (Lipinski definition) is 4. The second kappa shape index (κ2) is 5.83. The zero-order valence-corrected chi connectivity index (χ0v) is 11.1. The fourth-order valence-electron chi connectivity index (χ4n) is 1.29. The van der Waals surface area contributed by atoms with Gasteiger partial charge in [-0.05, 0) is 32.0 Å². The first kappa shape index (κ1) is 14.5. The maximum Gasteiger partial charge on any atom is 0.154 e. The van der Waals surface area contributed by atoms with E-state index in [1.165, 1.54) is 12.1 Å². The standard InChI is InChI=1S/C12H15FN2O2S/c1-9(2)18(16,17)6-5-15-12-4-3-10(8-14)7-11(12)13/h3-4,7,9,15H,5-6H2,1-2H3. The first-order valence-corrected chi connectivity index (χ1v) is 7.23. The molecule has 1 rings (SSSR count). The molecule has 6 heteroatoms. The Labute approximate surface area is 106 Å². The molecule has 0 unspecified atom stereocenters. The van der Waals surface area contributed by atoms with E-state index in [0.717, 1.165) is 6.07 Å². The van der Waals surface area contributed by atoms with Crippen LogP contribution in [0.25, 0.3) is 0 Å². The minimum Gasteiger partial charge on any atom is -0.382 e. The highest BCUT2D eigenvalue weighted by Crippen LogP contribution is 2.15. The van der Waals surface area contributed by atoms with Crippen molar-refractivity contribution in [2.45, 2.75) is 19.1 Å². The summed E-state index contributed by atoms with van der Waals surface area (Å²) in [5.41, 5.74) is 0.431. The van der Waals surface area contributed by atoms with Gasteiger partial charge in [-0.2, -0.15) is 5.26 Å². The molecule has 1 N–H and O–H groups in total. The molecule has 0 heterocycles. The largest absolute Gasteiger partial charge is 0.382 e. The van der Waals surface area contributed by atoms with Crippen molar-refractivity contribution in [1.82, 2.24) is 0 Å². The van der Waals surface area contributed by atoms with Crippen LogP contribution in [-0.2, 0) is 9.84 Å². The Morgan fingerprint density at radius 3 is 2.61 bits per heavy atom. The van der Waals surface area contributed by atoms with E-state index in [-0.39, 0.29) is 23.5 Å². The summed E-state index contributed by atoms with van der Waals surface area (Å²) in [7, 11) is -3.13. The Morgan fingerprint density at radius 1 is 1.44 bits per heavy atom. The summed E-state index contributed by atoms with van der Waals surface area (Å²) in [5.74, 6) is -0.611. The van der Waals surface area contributed by atoms with Crippen molar-refractivity contribution in [3.8, 4) is 6.07 Å². The molecular formula is C12H15FN2O2S. The summed E-state index contributed by atoms with van der Waals surface area (Å²) < 4.78 is 36.5. The van der Waals surface area contributed by atoms with E-state index >= 15 is 0 Å². The van der Waals surface area contributed by atoms with E-state index < -0.39 is 20.9 Å². The number of nitriles is 1. The summed E-state index contributed by atoms with van der Waals surface area (Å²) in [4.78, 5) is 0. The van der Waals surface area contributed by atoms with Crippen LogP contribution in [0.1, 0.15) is 19.4 Å². The van der Waals surface area contributed by atoms with Gasteiger partial charge >= 0.3 is 0 Å². The Hall–Kier alpha value is -1.61. The van der Waals surface area contributed by atoms with Crippen LogP contribution in [0.15, 0.2) is 18.2 Å². The molecule has 0 amide bonds. The maximum absolute atomic E-state index is 13.5. The Bertz CT molecular complexity index is 562. The second-order valence-electron chi connectivity index (χ2n) is 4.15. The molecule has 1 aromatic rings. The molecule has 0 aliphatic carbocycles. The molecule has 0 saturated heterocycles. The number of hydrogen-bond donors (Lipinski definition) is 1. The van der Waals surface area contributed by atoms with Gasteiger partial charge in [-0.25, -0.2) is 12.8 Å². The average molecular weight is 270 g/mol. The Balaban J connectivity index is 2.63. The lowest BCUT2D eigenvalue weighted by atomic mass is 10.2. The lowest BCUT2D eigenvalue weighted by Crippen LogP contribution is -2.23. The van der Waals surface area contributed by atoms with Crippen molar-refractivity contribution >= 4 is 15.5 Å². The Morgan fingerprint density at radius 2 is 2.11 bits per heavy atom. The fraction of sp³-hybridized carbons (Fsp3) is 0.417. The highest BCUT2D eigenvalue weighted by Gasteiger charge is 2.15. The summed E-state index contributed by atoms with van der Waals surface area (Å²) >= 11 is 0. The molecule has 0 aliphatic rings. The first-order valence-electron chi connectivity index (χ1n) is 5.52. The van der Waals surface area contributed by atoms with Gasteiger partial charge in [0.2, 0.25) is 0 Å². The van der Waals surface area contributed by atoms with Crippen molar-refractivity contribution in [2.75, 3.05) is 17.6 Å². The molecule has 18 heavy (non-hydrogen) atoms. The van der Waals surface area contributed by atoms with Crippen LogP contribution in [0.5, 0.6) is 0 Å². The zero-order chi connectivity index (χ0) is 13.8. The van der Waals surface area contributed by atoms with Gasteiger partial charge in [-0.15, -0.1) is 0 Å². The van der Waals surface area contributed by atoms with Crippen LogP contribution in [0, 0.1) is 17.1 Å². The van der Waals surface area contributed by atoms with Crippen LogP contribution in [-0.4, -0.2) is 26.0 Å². The third kappa shape index (κ3) is 3.70. The quantitative estimate of drug-likeness (QED) is 0.887. The molecule has 0 bridgehead atoms. The van der Waals surface area contributed by atoms with E-state index in [4.69, 9.17) is 5.26 Å². The van der Waals surface area contributed by atoms with E-state index in [1.807, 2.05) is 6.07 Å². The molecule has 1 aromatic carbocycles. The van der Waals surface area contributed by atoms with Gasteiger partial charge in [-0.1, -0.05) is 0 Å². The predicted molar refractivity (Wildman–Crippen MR) is 68.5 cm³/mol. The van der Waals surface area contributed by atoms with E-state index in [1.54, 1.807) is 13.8 Å². The van der Waals surface area contributed by atoms with E-state index in [2.05, 4.69) is 5.32 Å². The van der Waals surface area contributed by atoms with Gasteiger partial charge in [0.15, 0.2) is 9.84 Å². The lowest BCUT2D eigenvalue weighted by molar-refractivity contribution is 0.587. The molecule has 0 aliphatic heterocycles. The van der Waals surface area contributed by atoms with Gasteiger partial charge in [0.1, 0.15) is 5.82 Å². The van der Waals surface area contributed by atoms with Crippen molar-refractivity contribution in [1.29, 1.82) is 5.26 Å². The zero-order valence-electron chi connectivity index (χ0n) is 10.3. The average Bonchev–Trinajstić information content (AvgIpc) is 2.30. The number of anilines is 1. The van der Waals surface area contributed by atoms with Crippen molar-refractivity contribution in [2.24, 2.45) is 0 Å². The summed E-state index contributed by atoms with van der Waals surface area (Å²) in [6.45, 7) is 3.36. The number of rotatable bonds is 5. The highest BCUT2D eigenvalue weighted by atomic mass is 32.2. The normalized spacial score (nSPS) is 11.3. The summed E-state index contributed by atoms with van der Waals surface area (Å²) in [6.07, 6.45) is 0. The first-order chi connectivity index (χ1) is 8.36. The molecule has 0 spiro atoms. The van der Waals surface area contributed by atoms with Gasteiger partial charge in [-0.3, -0.25) is 0 Å². The summed E-state index contributed by atoms with van der Waals surface area (Å²) in [6, 6.07) is 5.84. The molecule has 0 aromatic heterocycles. The van der Waals surface area contributed by atoms with E-state index in [0.29, 0.717) is 0 Å². The van der Waals surface area contributed by atoms with Crippen LogP contribution < -0.4 is 5.32 Å². The molecular weight excluding hydrogens is 255 g/mol. The third-order valence-electron chi connectivity index (χ3n) is 2.52. The highest BCUT2D eigenvalue weighted by molar-refractivity contribution is 7.92. The van der Waals surface area contributed by atoms with Crippen LogP contribution in [0.2, 0.25) is 0 Å². The number of benzene rings is 1. The Kier molecular flexibility index (Phi) is 4.68. The number of sulfone groups is 1. The molecule has 0 saturated carbocycles. The lowest BCUT2D eigenvalue weighted by Gasteiger charge is -2.10. The minimum absolute atomic E-state index is 0.0515. The smallest absolute Gasteiger partial charge is 0.154 e. The van der Waals surface area contributed by atoms with E-state index in [9.17, 15) is 12.8 Å². The topological polar surface area (TPSA) is 70.0 Å². The van der Waals surface area contributed by atoms with Crippen LogP contribution in [0.3, 0.4) is 0 Å². The molecule has 0 atom stereocenters. The maximum atomic E-state index is 13.5. The molecule has 0 fully saturated rings. The number of nitrogens with zero attached hydrogens (tertiary/aromatic N) is 1.